The van der Waals surface area contributed by atoms with Crippen LogP contribution < -0.4 is 0 Å². The highest BCUT2D eigenvalue weighted by molar-refractivity contribution is 5.58. The highest BCUT2D eigenvalue weighted by Crippen LogP contribution is 2.36. The Labute approximate surface area is 253 Å². The van der Waals surface area contributed by atoms with Gasteiger partial charge in [0.25, 0.3) is 0 Å². The van der Waals surface area contributed by atoms with Crippen molar-refractivity contribution < 1.29 is 53.6 Å². The number of nitrogens with zero attached hydrogens (tertiary/aromatic N) is 6. The first-order chi connectivity index (χ1) is 21.7. The Balaban J connectivity index is 1.25. The Kier molecular flexibility index (Phi) is 8.96. The normalized spacial score (nSPS) is 32.1. The Morgan fingerprint density at radius 1 is 0.667 bits per heavy atom. The van der Waals surface area contributed by atoms with Gasteiger partial charge in [0.15, 0.2) is 12.6 Å². The number of halogens is 2. The lowest BCUT2D eigenvalue weighted by molar-refractivity contribution is -0.367. The van der Waals surface area contributed by atoms with Crippen molar-refractivity contribution >= 4 is 0 Å². The second-order valence-electron chi connectivity index (χ2n) is 10.7. The fraction of sp³-hybridized carbons (Fsp3) is 0.429. The standard InChI is InChI=1S/C28H30F2N6O9/c29-15-5-1-3-13(7-15)17-9-35(33-31-17)21-23(39)19(11-37)43-27(25(21)41)45-28-26(42)22(24(40)20(12-38)44-28)36-10-18(32-34-36)14-4-2-6-16(30)8-14/h1-10,19-28,37-42H,11-12H2/t19-,20-,21+,22+,23+,24+,25-,26-,27+,28+/m1/s1. The molecule has 0 unspecified atom stereocenters. The first kappa shape index (κ1) is 31.2. The average molecular weight is 633 g/mol. The van der Waals surface area contributed by atoms with E-state index < -0.39 is 86.1 Å². The summed E-state index contributed by atoms with van der Waals surface area (Å²) in [5, 5.41) is 80.2. The zero-order valence-electron chi connectivity index (χ0n) is 23.3. The van der Waals surface area contributed by atoms with E-state index >= 15 is 0 Å². The summed E-state index contributed by atoms with van der Waals surface area (Å²) in [7, 11) is 0. The van der Waals surface area contributed by atoms with Crippen molar-refractivity contribution in [1.82, 2.24) is 30.0 Å². The number of aromatic nitrogens is 6. The fourth-order valence-electron chi connectivity index (χ4n) is 5.52. The maximum atomic E-state index is 13.8. The van der Waals surface area contributed by atoms with Gasteiger partial charge in [-0.2, -0.15) is 0 Å². The minimum absolute atomic E-state index is 0.234. The molecule has 2 aromatic carbocycles. The highest BCUT2D eigenvalue weighted by atomic mass is 19.1. The first-order valence-electron chi connectivity index (χ1n) is 13.9. The second kappa shape index (κ2) is 12.9. The SMILES string of the molecule is OC[C@H]1O[C@@H](O[C@@H]2O[C@H](CO)[C@H](O)[C@H](n3cc(-c4cccc(F)c4)nn3)[C@H]2O)[C@H](O)[C@@H](n2cc(-c3cccc(F)c3)nn2)[C@H]1O. The van der Waals surface area contributed by atoms with Gasteiger partial charge >= 0.3 is 0 Å². The van der Waals surface area contributed by atoms with Crippen LogP contribution in [-0.2, 0) is 14.2 Å². The lowest BCUT2D eigenvalue weighted by Gasteiger charge is -2.46. The molecule has 240 valence electrons. The van der Waals surface area contributed by atoms with E-state index in [1.165, 1.54) is 48.8 Å². The van der Waals surface area contributed by atoms with Crippen LogP contribution in [-0.4, -0.2) is 123 Å². The van der Waals surface area contributed by atoms with Crippen molar-refractivity contribution in [3.05, 3.63) is 72.6 Å². The van der Waals surface area contributed by atoms with E-state index in [1.807, 2.05) is 0 Å². The van der Waals surface area contributed by atoms with Crippen LogP contribution in [0.4, 0.5) is 8.78 Å². The maximum absolute atomic E-state index is 13.8. The molecule has 0 saturated carbocycles. The molecule has 17 heteroatoms. The molecule has 2 aliphatic heterocycles. The van der Waals surface area contributed by atoms with E-state index in [0.29, 0.717) is 11.1 Å². The predicted octanol–water partition coefficient (Wildman–Crippen LogP) is -0.841. The van der Waals surface area contributed by atoms with Crippen molar-refractivity contribution in [2.45, 2.75) is 61.3 Å². The third kappa shape index (κ3) is 6.09. The summed E-state index contributed by atoms with van der Waals surface area (Å²) in [6.07, 6.45) is -9.57. The molecular weight excluding hydrogens is 602 g/mol. The summed E-state index contributed by atoms with van der Waals surface area (Å²) in [5.74, 6) is -1.01. The van der Waals surface area contributed by atoms with Gasteiger partial charge in [0.05, 0.1) is 25.6 Å². The van der Waals surface area contributed by atoms with E-state index in [0.717, 1.165) is 9.36 Å². The summed E-state index contributed by atoms with van der Waals surface area (Å²) in [6.45, 7) is -1.40. The number of hydrogen-bond donors (Lipinski definition) is 6. The zero-order chi connectivity index (χ0) is 31.8. The lowest BCUT2D eigenvalue weighted by Crippen LogP contribution is -2.61. The molecule has 15 nitrogen and oxygen atoms in total. The van der Waals surface area contributed by atoms with Gasteiger partial charge in [-0.1, -0.05) is 34.7 Å². The molecule has 2 fully saturated rings. The fourth-order valence-corrected chi connectivity index (χ4v) is 5.52. The molecule has 2 aromatic heterocycles. The van der Waals surface area contributed by atoms with Crippen LogP contribution in [0.15, 0.2) is 60.9 Å². The van der Waals surface area contributed by atoms with Crippen LogP contribution in [0.5, 0.6) is 0 Å². The maximum Gasteiger partial charge on any atom is 0.189 e. The van der Waals surface area contributed by atoms with E-state index in [1.54, 1.807) is 12.1 Å². The van der Waals surface area contributed by atoms with Gasteiger partial charge in [0.2, 0.25) is 0 Å². The van der Waals surface area contributed by atoms with Gasteiger partial charge in [-0.15, -0.1) is 10.2 Å². The smallest absolute Gasteiger partial charge is 0.189 e. The number of hydrogen-bond acceptors (Lipinski definition) is 13. The van der Waals surface area contributed by atoms with Crippen LogP contribution in [0.1, 0.15) is 12.1 Å². The van der Waals surface area contributed by atoms with Gasteiger partial charge in [-0.25, -0.2) is 18.1 Å². The van der Waals surface area contributed by atoms with Crippen molar-refractivity contribution in [3.8, 4) is 22.5 Å². The minimum Gasteiger partial charge on any atom is -0.394 e. The summed E-state index contributed by atoms with van der Waals surface area (Å²) in [5.41, 5.74) is 1.24. The Morgan fingerprint density at radius 3 is 1.47 bits per heavy atom. The number of aliphatic hydroxyl groups excluding tert-OH is 6. The molecule has 4 heterocycles. The van der Waals surface area contributed by atoms with Crippen LogP contribution in [0.3, 0.4) is 0 Å². The number of benzene rings is 2. The van der Waals surface area contributed by atoms with Gasteiger partial charge in [0, 0.05) is 11.1 Å². The summed E-state index contributed by atoms with van der Waals surface area (Å²) >= 11 is 0. The molecule has 0 bridgehead atoms. The third-order valence-electron chi connectivity index (χ3n) is 7.84. The van der Waals surface area contributed by atoms with E-state index in [9.17, 15) is 39.4 Å². The monoisotopic (exact) mass is 632 g/mol. The van der Waals surface area contributed by atoms with E-state index in [4.69, 9.17) is 14.2 Å². The van der Waals surface area contributed by atoms with E-state index in [2.05, 4.69) is 20.6 Å². The van der Waals surface area contributed by atoms with Gasteiger partial charge in [-0.05, 0) is 24.3 Å². The van der Waals surface area contributed by atoms with E-state index in [-0.39, 0.29) is 11.4 Å². The Morgan fingerprint density at radius 2 is 1.09 bits per heavy atom. The molecule has 4 aromatic rings. The predicted molar refractivity (Wildman–Crippen MR) is 146 cm³/mol. The molecule has 2 aliphatic rings. The van der Waals surface area contributed by atoms with Gasteiger partial charge in [0.1, 0.15) is 71.7 Å². The Hall–Kier alpha value is -3.78. The minimum atomic E-state index is -1.69. The topological polar surface area (TPSA) is 210 Å². The highest BCUT2D eigenvalue weighted by Gasteiger charge is 2.52. The number of ether oxygens (including phenoxy) is 3. The van der Waals surface area contributed by atoms with Crippen LogP contribution >= 0.6 is 0 Å². The molecule has 45 heavy (non-hydrogen) atoms. The molecule has 0 spiro atoms. The average Bonchev–Trinajstić information content (AvgIpc) is 3.71. The van der Waals surface area contributed by atoms with Crippen molar-refractivity contribution in [2.24, 2.45) is 0 Å². The second-order valence-corrected chi connectivity index (χ2v) is 10.7. The quantitative estimate of drug-likeness (QED) is 0.140. The lowest BCUT2D eigenvalue weighted by atomic mass is 9.95. The number of rotatable bonds is 8. The summed E-state index contributed by atoms with van der Waals surface area (Å²) in [4.78, 5) is 0. The molecule has 0 aliphatic carbocycles. The first-order valence-corrected chi connectivity index (χ1v) is 13.9. The zero-order valence-corrected chi connectivity index (χ0v) is 23.3. The van der Waals surface area contributed by atoms with Crippen LogP contribution in [0, 0.1) is 11.6 Å². The number of aliphatic hydroxyl groups is 6. The molecule has 0 amide bonds. The molecule has 0 radical (unpaired) electrons. The van der Waals surface area contributed by atoms with Gasteiger partial charge in [-0.3, -0.25) is 0 Å². The largest absolute Gasteiger partial charge is 0.394 e. The summed E-state index contributed by atoms with van der Waals surface area (Å²) < 4.78 is 46.8. The molecule has 6 N–H and O–H groups in total. The Bertz CT molecular complexity index is 1490. The van der Waals surface area contributed by atoms with Crippen molar-refractivity contribution in [3.63, 3.8) is 0 Å². The molecule has 6 rings (SSSR count). The molecule has 10 atom stereocenters. The summed E-state index contributed by atoms with van der Waals surface area (Å²) in [6, 6.07) is 8.53. The molecular formula is C28H30F2N6O9. The van der Waals surface area contributed by atoms with Crippen LogP contribution in [0.25, 0.3) is 22.5 Å². The molecule has 2 saturated heterocycles. The van der Waals surface area contributed by atoms with Crippen molar-refractivity contribution in [2.75, 3.05) is 13.2 Å². The third-order valence-corrected chi connectivity index (χ3v) is 7.84. The van der Waals surface area contributed by atoms with Gasteiger partial charge < -0.3 is 44.8 Å². The van der Waals surface area contributed by atoms with Crippen molar-refractivity contribution in [1.29, 1.82) is 0 Å². The van der Waals surface area contributed by atoms with Crippen LogP contribution in [0.2, 0.25) is 0 Å².